The van der Waals surface area contributed by atoms with E-state index < -0.39 is 23.3 Å². The van der Waals surface area contributed by atoms with E-state index in [2.05, 4.69) is 30.8 Å². The number of hydrogen-bond acceptors (Lipinski definition) is 10. The van der Waals surface area contributed by atoms with Crippen molar-refractivity contribution in [3.05, 3.63) is 70.7 Å². The Hall–Kier alpha value is -4.30. The van der Waals surface area contributed by atoms with Crippen LogP contribution in [0.3, 0.4) is 0 Å². The number of carbonyl (C=O) groups is 1. The zero-order valence-corrected chi connectivity index (χ0v) is 21.8. The molecule has 6 rings (SSSR count). The van der Waals surface area contributed by atoms with Crippen LogP contribution in [-0.4, -0.2) is 58.8 Å². The molecule has 2 aromatic carbocycles. The van der Waals surface area contributed by atoms with Crippen LogP contribution in [-0.2, 0) is 15.7 Å². The smallest absolute Gasteiger partial charge is 0.402 e. The number of nitrogens with zero attached hydrogens (tertiary/aromatic N) is 5. The van der Waals surface area contributed by atoms with Crippen LogP contribution < -0.4 is 15.5 Å². The number of halogens is 3. The Bertz CT molecular complexity index is 1570. The van der Waals surface area contributed by atoms with Crippen LogP contribution in [0.1, 0.15) is 23.1 Å². The first-order chi connectivity index (χ1) is 19.3. The third-order valence-corrected chi connectivity index (χ3v) is 7.50. The fourth-order valence-electron chi connectivity index (χ4n) is 4.47. The number of anilines is 3. The summed E-state index contributed by atoms with van der Waals surface area (Å²) in [5.74, 6) is -0.693. The van der Waals surface area contributed by atoms with Gasteiger partial charge in [0, 0.05) is 17.7 Å². The first-order valence-electron chi connectivity index (χ1n) is 12.3. The maximum atomic E-state index is 13.6. The van der Waals surface area contributed by atoms with Crippen LogP contribution in [0.25, 0.3) is 11.6 Å². The molecule has 4 heterocycles. The van der Waals surface area contributed by atoms with E-state index in [1.807, 2.05) is 49.4 Å². The number of amides is 1. The molecular weight excluding hydrogens is 547 g/mol. The fourth-order valence-corrected chi connectivity index (χ4v) is 5.53. The van der Waals surface area contributed by atoms with E-state index in [4.69, 9.17) is 9.15 Å². The average molecular weight is 570 g/mol. The minimum Gasteiger partial charge on any atom is -0.402 e. The molecule has 1 saturated heterocycles. The van der Waals surface area contributed by atoms with Gasteiger partial charge in [0.1, 0.15) is 5.00 Å². The molecule has 2 aliphatic rings. The molecule has 0 bridgehead atoms. The Labute approximate surface area is 229 Å². The van der Waals surface area contributed by atoms with Gasteiger partial charge in [-0.25, -0.2) is 9.98 Å². The highest BCUT2D eigenvalue weighted by Gasteiger charge is 2.39. The van der Waals surface area contributed by atoms with Crippen molar-refractivity contribution in [1.29, 1.82) is 0 Å². The largest absolute Gasteiger partial charge is 0.443 e. The van der Waals surface area contributed by atoms with Gasteiger partial charge in [-0.1, -0.05) is 65.0 Å². The van der Waals surface area contributed by atoms with Crippen molar-refractivity contribution >= 4 is 39.7 Å². The van der Waals surface area contributed by atoms with Gasteiger partial charge in [0.25, 0.3) is 11.8 Å². The molecular formula is C26H22F3N7O3S. The third-order valence-electron chi connectivity index (χ3n) is 6.36. The quantitative estimate of drug-likeness (QED) is 0.356. The summed E-state index contributed by atoms with van der Waals surface area (Å²) in [6, 6.07) is 16.2. The Balaban J connectivity index is 1.34. The summed E-state index contributed by atoms with van der Waals surface area (Å²) < 4.78 is 52.0. The zero-order chi connectivity index (χ0) is 27.9. The van der Waals surface area contributed by atoms with Crippen molar-refractivity contribution in [2.45, 2.75) is 25.3 Å². The standard InChI is InChI=1S/C26H22F3N7O3S/c1-14-13-38-12-11-36(14)23-19(32-24(40-23)26(27,28)29)22-34-35-25(39-22)33-20-21(37)30-17-10-6-5-9-16(17)18(31-20)15-7-3-2-4-8-15/h2-10,14,20H,11-13H2,1H3,(H,30,37)(H,33,35)/t14-,20-/m0/s1. The number of morpholine rings is 1. The van der Waals surface area contributed by atoms with Crippen LogP contribution in [0, 0.1) is 0 Å². The first kappa shape index (κ1) is 26.0. The molecule has 0 radical (unpaired) electrons. The molecule has 2 aliphatic heterocycles. The van der Waals surface area contributed by atoms with Crippen LogP contribution in [0.15, 0.2) is 64.0 Å². The molecule has 0 saturated carbocycles. The maximum absolute atomic E-state index is 13.6. The van der Waals surface area contributed by atoms with E-state index in [1.54, 1.807) is 17.0 Å². The fraction of sp³-hybridized carbons (Fsp3) is 0.269. The Morgan fingerprint density at radius 3 is 2.65 bits per heavy atom. The topological polar surface area (TPSA) is 118 Å². The van der Waals surface area contributed by atoms with Gasteiger partial charge in [-0.15, -0.1) is 5.10 Å². The molecule has 2 atom stereocenters. The van der Waals surface area contributed by atoms with Gasteiger partial charge >= 0.3 is 12.2 Å². The number of para-hydroxylation sites is 1. The number of nitrogens with one attached hydrogen (secondary N) is 2. The molecule has 4 aromatic rings. The monoisotopic (exact) mass is 569 g/mol. The second-order valence-electron chi connectivity index (χ2n) is 9.13. The summed E-state index contributed by atoms with van der Waals surface area (Å²) in [6.07, 6.45) is -5.82. The number of thiazole rings is 1. The maximum Gasteiger partial charge on any atom is 0.443 e. The lowest BCUT2D eigenvalue weighted by molar-refractivity contribution is -0.137. The zero-order valence-electron chi connectivity index (χ0n) is 21.0. The molecule has 206 valence electrons. The summed E-state index contributed by atoms with van der Waals surface area (Å²) in [4.78, 5) is 23.4. The minimum atomic E-state index is -4.65. The number of alkyl halides is 3. The summed E-state index contributed by atoms with van der Waals surface area (Å²) in [6.45, 7) is 2.95. The number of aromatic nitrogens is 3. The van der Waals surface area contributed by atoms with Gasteiger partial charge in [-0.3, -0.25) is 4.79 Å². The van der Waals surface area contributed by atoms with Crippen molar-refractivity contribution in [1.82, 2.24) is 15.2 Å². The van der Waals surface area contributed by atoms with Crippen LogP contribution in [0.4, 0.5) is 29.9 Å². The summed E-state index contributed by atoms with van der Waals surface area (Å²) in [7, 11) is 0. The third kappa shape index (κ3) is 5.02. The highest BCUT2D eigenvalue weighted by Crippen LogP contribution is 2.43. The van der Waals surface area contributed by atoms with Crippen LogP contribution >= 0.6 is 11.3 Å². The van der Waals surface area contributed by atoms with Gasteiger partial charge in [-0.2, -0.15) is 13.2 Å². The molecule has 2 N–H and O–H groups in total. The van der Waals surface area contributed by atoms with Gasteiger partial charge in [0.05, 0.1) is 30.7 Å². The van der Waals surface area contributed by atoms with E-state index in [1.165, 1.54) is 0 Å². The van der Waals surface area contributed by atoms with E-state index in [0.717, 1.165) is 11.1 Å². The SMILES string of the molecule is C[C@H]1COCCN1c1sc(C(F)(F)F)nc1-c1nnc(N[C@@H]2N=C(c3ccccc3)c3ccccc3NC2=O)o1. The lowest BCUT2D eigenvalue weighted by atomic mass is 10.0. The molecule has 0 aliphatic carbocycles. The molecule has 14 heteroatoms. The number of benzodiazepines with no additional fused rings is 1. The lowest BCUT2D eigenvalue weighted by Gasteiger charge is -2.34. The average Bonchev–Trinajstić information content (AvgIpc) is 3.57. The summed E-state index contributed by atoms with van der Waals surface area (Å²) >= 11 is 0.511. The molecule has 1 amide bonds. The van der Waals surface area contributed by atoms with Gasteiger partial charge in [0.15, 0.2) is 5.69 Å². The number of fused-ring (bicyclic) bond motifs is 1. The number of benzene rings is 2. The molecule has 0 unspecified atom stereocenters. The predicted molar refractivity (Wildman–Crippen MR) is 143 cm³/mol. The van der Waals surface area contributed by atoms with Gasteiger partial charge in [-0.05, 0) is 13.0 Å². The minimum absolute atomic E-state index is 0.0853. The molecule has 0 spiro atoms. The molecule has 10 nitrogen and oxygen atoms in total. The highest BCUT2D eigenvalue weighted by atomic mass is 32.1. The Kier molecular flexibility index (Phi) is 6.72. The normalized spacial score (nSPS) is 19.4. The van der Waals surface area contributed by atoms with Gasteiger partial charge < -0.3 is 24.7 Å². The van der Waals surface area contributed by atoms with E-state index in [-0.39, 0.29) is 28.6 Å². The predicted octanol–water partition coefficient (Wildman–Crippen LogP) is 4.66. The Morgan fingerprint density at radius 1 is 1.10 bits per heavy atom. The molecule has 2 aromatic heterocycles. The highest BCUT2D eigenvalue weighted by molar-refractivity contribution is 7.16. The summed E-state index contributed by atoms with van der Waals surface area (Å²) in [5.41, 5.74) is 2.57. The van der Waals surface area contributed by atoms with E-state index in [9.17, 15) is 18.0 Å². The first-order valence-corrected chi connectivity index (χ1v) is 13.2. The molecule has 1 fully saturated rings. The lowest BCUT2D eigenvalue weighted by Crippen LogP contribution is -2.43. The van der Waals surface area contributed by atoms with Crippen molar-refractivity contribution in [2.24, 2.45) is 4.99 Å². The van der Waals surface area contributed by atoms with Crippen molar-refractivity contribution in [3.8, 4) is 11.6 Å². The number of ether oxygens (including phenoxy) is 1. The van der Waals surface area contributed by atoms with Crippen molar-refractivity contribution in [2.75, 3.05) is 35.3 Å². The van der Waals surface area contributed by atoms with Crippen molar-refractivity contribution < 1.29 is 27.1 Å². The number of aliphatic imine (C=N–C) groups is 1. The number of carbonyl (C=O) groups excluding carboxylic acids is 1. The second kappa shape index (κ2) is 10.4. The Morgan fingerprint density at radius 2 is 1.88 bits per heavy atom. The van der Waals surface area contributed by atoms with E-state index >= 15 is 0 Å². The van der Waals surface area contributed by atoms with Gasteiger partial charge in [0.2, 0.25) is 11.2 Å². The second-order valence-corrected chi connectivity index (χ2v) is 10.1. The summed E-state index contributed by atoms with van der Waals surface area (Å²) in [5, 5.41) is 12.8. The van der Waals surface area contributed by atoms with E-state index in [0.29, 0.717) is 42.5 Å². The molecule has 40 heavy (non-hydrogen) atoms. The van der Waals surface area contributed by atoms with Crippen LogP contribution in [0.5, 0.6) is 0 Å². The number of rotatable bonds is 5. The van der Waals surface area contributed by atoms with Crippen molar-refractivity contribution in [3.63, 3.8) is 0 Å². The van der Waals surface area contributed by atoms with Crippen LogP contribution in [0.2, 0.25) is 0 Å². The number of hydrogen-bond donors (Lipinski definition) is 2.